The van der Waals surface area contributed by atoms with Crippen LogP contribution in [0.4, 0.5) is 5.69 Å². The van der Waals surface area contributed by atoms with Crippen molar-refractivity contribution < 1.29 is 16.8 Å². The quantitative estimate of drug-likeness (QED) is 0.692. The summed E-state index contributed by atoms with van der Waals surface area (Å²) >= 11 is 0. The molecule has 1 fully saturated rings. The molecule has 8 heteroatoms. The number of hydrogen-bond acceptors (Lipinski definition) is 4. The molecule has 0 spiro atoms. The van der Waals surface area contributed by atoms with Crippen molar-refractivity contribution in [1.82, 2.24) is 4.72 Å². The number of aryl methyl sites for hydroxylation is 1. The normalized spacial score (nSPS) is 16.6. The van der Waals surface area contributed by atoms with Gasteiger partial charge in [0.2, 0.25) is 20.0 Å². The predicted molar refractivity (Wildman–Crippen MR) is 92.4 cm³/mol. The van der Waals surface area contributed by atoms with Crippen LogP contribution in [0.2, 0.25) is 0 Å². The highest BCUT2D eigenvalue weighted by molar-refractivity contribution is 7.92. The van der Waals surface area contributed by atoms with Gasteiger partial charge < -0.3 is 0 Å². The lowest BCUT2D eigenvalue weighted by molar-refractivity contribution is 0.562. The van der Waals surface area contributed by atoms with E-state index in [0.29, 0.717) is 18.7 Å². The molecule has 0 radical (unpaired) electrons. The number of nitrogens with one attached hydrogen (secondary N) is 2. The lowest BCUT2D eigenvalue weighted by Crippen LogP contribution is -2.33. The molecule has 0 aliphatic heterocycles. The molecule has 0 atom stereocenters. The van der Waals surface area contributed by atoms with Gasteiger partial charge in [0.25, 0.3) is 0 Å². The highest BCUT2D eigenvalue weighted by atomic mass is 32.2. The molecule has 0 heterocycles. The molecule has 0 bridgehead atoms. The first kappa shape index (κ1) is 18.2. The second-order valence-electron chi connectivity index (χ2n) is 6.02. The van der Waals surface area contributed by atoms with Gasteiger partial charge in [0.05, 0.1) is 11.5 Å². The van der Waals surface area contributed by atoms with Crippen molar-refractivity contribution in [2.75, 3.05) is 17.5 Å². The maximum Gasteiger partial charge on any atom is 0.229 e. The summed E-state index contributed by atoms with van der Waals surface area (Å²) in [6, 6.07) is 7.11. The van der Waals surface area contributed by atoms with Crippen molar-refractivity contribution in [3.05, 3.63) is 29.8 Å². The Kier molecular flexibility index (Phi) is 6.05. The van der Waals surface area contributed by atoms with Gasteiger partial charge in [0, 0.05) is 12.2 Å². The van der Waals surface area contributed by atoms with Gasteiger partial charge in [-0.15, -0.1) is 0 Å². The second kappa shape index (κ2) is 7.63. The van der Waals surface area contributed by atoms with Crippen molar-refractivity contribution >= 4 is 25.7 Å². The Morgan fingerprint density at radius 3 is 2.22 bits per heavy atom. The second-order valence-corrected chi connectivity index (χ2v) is 9.81. The molecule has 0 aromatic heterocycles. The molecule has 6 nitrogen and oxygen atoms in total. The summed E-state index contributed by atoms with van der Waals surface area (Å²) in [5.74, 6) is 0. The van der Waals surface area contributed by atoms with Crippen LogP contribution < -0.4 is 9.44 Å². The highest BCUT2D eigenvalue weighted by Gasteiger charge is 2.27. The van der Waals surface area contributed by atoms with E-state index >= 15 is 0 Å². The first-order valence-corrected chi connectivity index (χ1v) is 11.3. The van der Waals surface area contributed by atoms with E-state index in [4.69, 9.17) is 0 Å². The third-order valence-corrected chi connectivity index (χ3v) is 6.51. The summed E-state index contributed by atoms with van der Waals surface area (Å²) in [5, 5.41) is -0.219. The Labute approximate surface area is 138 Å². The van der Waals surface area contributed by atoms with E-state index in [-0.39, 0.29) is 5.25 Å². The van der Waals surface area contributed by atoms with Crippen LogP contribution >= 0.6 is 0 Å². The minimum Gasteiger partial charge on any atom is -0.284 e. The van der Waals surface area contributed by atoms with Crippen LogP contribution in [0.15, 0.2) is 24.3 Å². The molecule has 0 saturated heterocycles. The molecule has 130 valence electrons. The van der Waals surface area contributed by atoms with Crippen molar-refractivity contribution in [1.29, 1.82) is 0 Å². The largest absolute Gasteiger partial charge is 0.284 e. The first-order valence-electron chi connectivity index (χ1n) is 7.81. The van der Waals surface area contributed by atoms with E-state index in [1.54, 1.807) is 12.1 Å². The van der Waals surface area contributed by atoms with Crippen molar-refractivity contribution in [2.45, 2.75) is 43.8 Å². The van der Waals surface area contributed by atoms with Crippen LogP contribution in [0, 0.1) is 0 Å². The lowest BCUT2D eigenvalue weighted by atomic mass is 10.1. The van der Waals surface area contributed by atoms with Gasteiger partial charge in [0.1, 0.15) is 0 Å². The molecule has 2 rings (SSSR count). The summed E-state index contributed by atoms with van der Waals surface area (Å²) in [4.78, 5) is 0. The fourth-order valence-corrected chi connectivity index (χ4v) is 4.96. The van der Waals surface area contributed by atoms with Crippen LogP contribution in [0.5, 0.6) is 0 Å². The van der Waals surface area contributed by atoms with Crippen molar-refractivity contribution in [3.63, 3.8) is 0 Å². The Balaban J connectivity index is 1.76. The Hall–Kier alpha value is -1.12. The van der Waals surface area contributed by atoms with E-state index < -0.39 is 20.0 Å². The molecule has 0 unspecified atom stereocenters. The molecule has 1 aliphatic carbocycles. The van der Waals surface area contributed by atoms with Gasteiger partial charge in [-0.1, -0.05) is 25.0 Å². The van der Waals surface area contributed by atoms with Crippen LogP contribution in [0.25, 0.3) is 0 Å². The monoisotopic (exact) mass is 360 g/mol. The van der Waals surface area contributed by atoms with E-state index in [9.17, 15) is 16.8 Å². The van der Waals surface area contributed by atoms with Gasteiger partial charge in [0.15, 0.2) is 0 Å². The summed E-state index contributed by atoms with van der Waals surface area (Å²) < 4.78 is 51.4. The predicted octanol–water partition coefficient (Wildman–Crippen LogP) is 1.85. The van der Waals surface area contributed by atoms with Gasteiger partial charge >= 0.3 is 0 Å². The maximum atomic E-state index is 12.0. The van der Waals surface area contributed by atoms with Crippen molar-refractivity contribution in [2.24, 2.45) is 0 Å². The minimum absolute atomic E-state index is 0.219. The third kappa shape index (κ3) is 6.12. The molecule has 1 aromatic carbocycles. The van der Waals surface area contributed by atoms with Gasteiger partial charge in [-0.3, -0.25) is 4.72 Å². The van der Waals surface area contributed by atoms with Gasteiger partial charge in [-0.25, -0.2) is 21.6 Å². The van der Waals surface area contributed by atoms with Crippen LogP contribution in [0.1, 0.15) is 37.7 Å². The summed E-state index contributed by atoms with van der Waals surface area (Å²) in [6.45, 7) is 0.433. The Morgan fingerprint density at radius 2 is 1.65 bits per heavy atom. The lowest BCUT2D eigenvalue weighted by Gasteiger charge is -2.12. The number of benzene rings is 1. The maximum absolute atomic E-state index is 12.0. The molecule has 23 heavy (non-hydrogen) atoms. The molecular weight excluding hydrogens is 336 g/mol. The number of hydrogen-bond donors (Lipinski definition) is 2. The van der Waals surface area contributed by atoms with E-state index in [1.807, 2.05) is 12.1 Å². The average molecular weight is 361 g/mol. The van der Waals surface area contributed by atoms with E-state index in [2.05, 4.69) is 9.44 Å². The Bertz CT molecular complexity index is 706. The van der Waals surface area contributed by atoms with Crippen LogP contribution in [-0.2, 0) is 26.5 Å². The molecule has 1 aliphatic rings. The van der Waals surface area contributed by atoms with Crippen LogP contribution in [0.3, 0.4) is 0 Å². The van der Waals surface area contributed by atoms with E-state index in [1.165, 1.54) is 0 Å². The first-order chi connectivity index (χ1) is 10.8. The zero-order chi connectivity index (χ0) is 16.9. The fourth-order valence-electron chi connectivity index (χ4n) is 2.78. The SMILES string of the molecule is CS(=O)(=O)Nc1ccc(CCCNS(=O)(=O)C2CCCC2)cc1. The van der Waals surface area contributed by atoms with Gasteiger partial charge in [-0.05, 0) is 43.4 Å². The molecule has 2 N–H and O–H groups in total. The Morgan fingerprint density at radius 1 is 1.04 bits per heavy atom. The summed E-state index contributed by atoms with van der Waals surface area (Å²) in [7, 11) is -6.43. The van der Waals surface area contributed by atoms with Crippen molar-refractivity contribution in [3.8, 4) is 0 Å². The molecule has 1 aromatic rings. The average Bonchev–Trinajstić information content (AvgIpc) is 2.99. The number of rotatable bonds is 8. The molecule has 1 saturated carbocycles. The summed E-state index contributed by atoms with van der Waals surface area (Å²) in [5.41, 5.74) is 1.57. The van der Waals surface area contributed by atoms with Crippen LogP contribution in [-0.4, -0.2) is 34.9 Å². The summed E-state index contributed by atoms with van der Waals surface area (Å²) in [6.07, 6.45) is 6.10. The number of anilines is 1. The topological polar surface area (TPSA) is 92.3 Å². The smallest absolute Gasteiger partial charge is 0.229 e. The fraction of sp³-hybridized carbons (Fsp3) is 0.600. The third-order valence-electron chi connectivity index (χ3n) is 3.94. The highest BCUT2D eigenvalue weighted by Crippen LogP contribution is 2.23. The zero-order valence-electron chi connectivity index (χ0n) is 13.3. The minimum atomic E-state index is -3.26. The standard InChI is InChI=1S/C15H24N2O4S2/c1-22(18,19)17-14-10-8-13(9-11-14)5-4-12-16-23(20,21)15-6-2-3-7-15/h8-11,15-17H,2-7,12H2,1H3. The molecular formula is C15H24N2O4S2. The zero-order valence-corrected chi connectivity index (χ0v) is 14.9. The molecule has 0 amide bonds. The van der Waals surface area contributed by atoms with Gasteiger partial charge in [-0.2, -0.15) is 0 Å². The van der Waals surface area contributed by atoms with E-state index in [0.717, 1.165) is 43.9 Å². The number of sulfonamides is 2.